The van der Waals surface area contributed by atoms with E-state index in [0.717, 1.165) is 16.4 Å². The third-order valence-electron chi connectivity index (χ3n) is 4.82. The minimum atomic E-state index is -0.331. The van der Waals surface area contributed by atoms with Crippen LogP contribution < -0.4 is 20.1 Å². The Kier molecular flexibility index (Phi) is 3.87. The number of anilines is 2. The molecule has 7 heteroatoms. The van der Waals surface area contributed by atoms with Gasteiger partial charge in [-0.15, -0.1) is 0 Å². The van der Waals surface area contributed by atoms with Crippen molar-refractivity contribution in [2.75, 3.05) is 24.4 Å². The summed E-state index contributed by atoms with van der Waals surface area (Å²) in [6.07, 6.45) is 0. The Morgan fingerprint density at radius 2 is 1.93 bits per heavy atom. The predicted octanol–water partition coefficient (Wildman–Crippen LogP) is 4.18. The number of ether oxygens (including phenoxy) is 2. The number of carbonyl (C=O) groups excluding carboxylic acids is 2. The second kappa shape index (κ2) is 6.56. The minimum Gasteiger partial charge on any atom is -0.495 e. The van der Waals surface area contributed by atoms with E-state index < -0.39 is 0 Å². The minimum absolute atomic E-state index is 0.0748. The lowest BCUT2D eigenvalue weighted by atomic mass is 10.1. The van der Waals surface area contributed by atoms with Crippen molar-refractivity contribution in [1.82, 2.24) is 0 Å². The molecule has 5 rings (SSSR count). The van der Waals surface area contributed by atoms with Gasteiger partial charge in [-0.05, 0) is 30.3 Å². The van der Waals surface area contributed by atoms with E-state index in [2.05, 4.69) is 10.6 Å². The van der Waals surface area contributed by atoms with Gasteiger partial charge in [0, 0.05) is 22.4 Å². The molecule has 1 aliphatic heterocycles. The molecule has 0 unspecified atom stereocenters. The van der Waals surface area contributed by atoms with Crippen molar-refractivity contribution in [3.63, 3.8) is 0 Å². The molecule has 7 nitrogen and oxygen atoms in total. The van der Waals surface area contributed by atoms with Crippen LogP contribution in [0.15, 0.2) is 59.0 Å². The summed E-state index contributed by atoms with van der Waals surface area (Å²) in [7, 11) is 1.55. The number of fused-ring (bicyclic) bond motifs is 4. The molecule has 2 heterocycles. The molecule has 0 saturated heterocycles. The van der Waals surface area contributed by atoms with Crippen LogP contribution in [0.25, 0.3) is 21.9 Å². The summed E-state index contributed by atoms with van der Waals surface area (Å²) < 4.78 is 16.8. The number of rotatable bonds is 3. The second-order valence-corrected chi connectivity index (χ2v) is 6.65. The Labute approximate surface area is 165 Å². The van der Waals surface area contributed by atoms with Crippen LogP contribution in [0.4, 0.5) is 11.4 Å². The van der Waals surface area contributed by atoms with Crippen molar-refractivity contribution >= 4 is 45.1 Å². The fraction of sp³-hybridized carbons (Fsp3) is 0.0909. The molecule has 0 fully saturated rings. The van der Waals surface area contributed by atoms with Crippen LogP contribution in [-0.4, -0.2) is 25.5 Å². The molecule has 0 atom stereocenters. The van der Waals surface area contributed by atoms with Gasteiger partial charge in [0.05, 0.1) is 18.5 Å². The van der Waals surface area contributed by atoms with Crippen LogP contribution in [0.2, 0.25) is 0 Å². The number of methoxy groups -OCH3 is 1. The Bertz CT molecular complexity index is 1290. The van der Waals surface area contributed by atoms with Gasteiger partial charge in [0.2, 0.25) is 0 Å². The van der Waals surface area contributed by atoms with Crippen LogP contribution in [0, 0.1) is 0 Å². The number of hydrogen-bond donors (Lipinski definition) is 2. The fourth-order valence-corrected chi connectivity index (χ4v) is 3.43. The maximum atomic E-state index is 12.8. The summed E-state index contributed by atoms with van der Waals surface area (Å²) >= 11 is 0. The maximum absolute atomic E-state index is 12.8. The molecule has 0 bridgehead atoms. The molecule has 1 aliphatic rings. The molecule has 2 N–H and O–H groups in total. The molecular weight excluding hydrogens is 372 g/mol. The monoisotopic (exact) mass is 388 g/mol. The van der Waals surface area contributed by atoms with Gasteiger partial charge in [-0.3, -0.25) is 9.59 Å². The summed E-state index contributed by atoms with van der Waals surface area (Å²) in [6, 6.07) is 16.2. The number of para-hydroxylation sites is 1. The van der Waals surface area contributed by atoms with Crippen molar-refractivity contribution < 1.29 is 23.5 Å². The maximum Gasteiger partial charge on any atom is 0.262 e. The molecular formula is C22H16N2O5. The lowest BCUT2D eigenvalue weighted by molar-refractivity contribution is -0.118. The number of nitrogens with one attached hydrogen (secondary N) is 2. The Hall–Kier alpha value is -4.00. The van der Waals surface area contributed by atoms with E-state index >= 15 is 0 Å². The van der Waals surface area contributed by atoms with Crippen molar-refractivity contribution in [1.29, 1.82) is 0 Å². The van der Waals surface area contributed by atoms with Gasteiger partial charge >= 0.3 is 0 Å². The lowest BCUT2D eigenvalue weighted by Crippen LogP contribution is -2.25. The smallest absolute Gasteiger partial charge is 0.262 e. The highest BCUT2D eigenvalue weighted by atomic mass is 16.5. The van der Waals surface area contributed by atoms with Crippen LogP contribution >= 0.6 is 0 Å². The van der Waals surface area contributed by atoms with Crippen LogP contribution in [0.1, 0.15) is 10.4 Å². The molecule has 0 radical (unpaired) electrons. The van der Waals surface area contributed by atoms with Gasteiger partial charge in [0.25, 0.3) is 11.8 Å². The van der Waals surface area contributed by atoms with E-state index in [-0.39, 0.29) is 18.4 Å². The molecule has 1 aromatic heterocycles. The first-order valence-corrected chi connectivity index (χ1v) is 9.00. The van der Waals surface area contributed by atoms with E-state index in [1.54, 1.807) is 31.4 Å². The highest BCUT2D eigenvalue weighted by Crippen LogP contribution is 2.37. The quantitative estimate of drug-likeness (QED) is 0.550. The number of carbonyl (C=O) groups is 2. The summed E-state index contributed by atoms with van der Waals surface area (Å²) in [5.41, 5.74) is 2.85. The zero-order valence-corrected chi connectivity index (χ0v) is 15.4. The standard InChI is InChI=1S/C22H16N2O5/c1-27-19-9-14-13-4-2-3-5-17(13)29-18(14)10-16(19)24-22(26)12-6-7-15-20(8-12)28-11-21(25)23-15/h2-10H,11H2,1H3,(H,23,25)(H,24,26). The lowest BCUT2D eigenvalue weighted by Gasteiger charge is -2.18. The predicted molar refractivity (Wildman–Crippen MR) is 109 cm³/mol. The normalized spacial score (nSPS) is 12.9. The van der Waals surface area contributed by atoms with Crippen molar-refractivity contribution in [3.8, 4) is 11.5 Å². The average Bonchev–Trinajstić information content (AvgIpc) is 3.10. The second-order valence-electron chi connectivity index (χ2n) is 6.65. The summed E-state index contributed by atoms with van der Waals surface area (Å²) in [5, 5.41) is 7.45. The SMILES string of the molecule is COc1cc2c(cc1NC(=O)c1ccc3c(c1)OCC(=O)N3)oc1ccccc12. The van der Waals surface area contributed by atoms with E-state index in [1.165, 1.54) is 0 Å². The van der Waals surface area contributed by atoms with Gasteiger partial charge in [-0.1, -0.05) is 18.2 Å². The molecule has 0 spiro atoms. The molecule has 3 aromatic carbocycles. The van der Waals surface area contributed by atoms with Gasteiger partial charge in [0.1, 0.15) is 22.7 Å². The van der Waals surface area contributed by atoms with Crippen LogP contribution in [0.3, 0.4) is 0 Å². The number of benzene rings is 3. The van der Waals surface area contributed by atoms with Gasteiger partial charge in [-0.2, -0.15) is 0 Å². The Morgan fingerprint density at radius 1 is 1.07 bits per heavy atom. The van der Waals surface area contributed by atoms with Crippen molar-refractivity contribution in [2.24, 2.45) is 0 Å². The van der Waals surface area contributed by atoms with Gasteiger partial charge in [0.15, 0.2) is 6.61 Å². The average molecular weight is 388 g/mol. The topological polar surface area (TPSA) is 89.8 Å². The van der Waals surface area contributed by atoms with E-state index in [0.29, 0.717) is 34.0 Å². The highest BCUT2D eigenvalue weighted by Gasteiger charge is 2.19. The number of amides is 2. The molecule has 144 valence electrons. The zero-order valence-electron chi connectivity index (χ0n) is 15.4. The molecule has 0 saturated carbocycles. The number of hydrogen-bond acceptors (Lipinski definition) is 5. The fourth-order valence-electron chi connectivity index (χ4n) is 3.43. The third-order valence-corrected chi connectivity index (χ3v) is 4.82. The summed E-state index contributed by atoms with van der Waals surface area (Å²) in [4.78, 5) is 24.2. The van der Waals surface area contributed by atoms with E-state index in [9.17, 15) is 9.59 Å². The third kappa shape index (κ3) is 2.93. The Balaban J connectivity index is 1.50. The Morgan fingerprint density at radius 3 is 2.79 bits per heavy atom. The summed E-state index contributed by atoms with van der Waals surface area (Å²) in [6.45, 7) is -0.0748. The van der Waals surface area contributed by atoms with E-state index in [1.807, 2.05) is 30.3 Å². The zero-order chi connectivity index (χ0) is 20.0. The largest absolute Gasteiger partial charge is 0.495 e. The van der Waals surface area contributed by atoms with Gasteiger partial charge in [-0.25, -0.2) is 0 Å². The van der Waals surface area contributed by atoms with Crippen molar-refractivity contribution in [2.45, 2.75) is 0 Å². The first-order valence-electron chi connectivity index (χ1n) is 9.00. The molecule has 29 heavy (non-hydrogen) atoms. The number of furan rings is 1. The molecule has 2 amide bonds. The van der Waals surface area contributed by atoms with Crippen LogP contribution in [-0.2, 0) is 4.79 Å². The van der Waals surface area contributed by atoms with E-state index in [4.69, 9.17) is 13.9 Å². The van der Waals surface area contributed by atoms with Crippen molar-refractivity contribution in [3.05, 3.63) is 60.2 Å². The molecule has 0 aliphatic carbocycles. The highest BCUT2D eigenvalue weighted by molar-refractivity contribution is 6.10. The van der Waals surface area contributed by atoms with Gasteiger partial charge < -0.3 is 24.5 Å². The van der Waals surface area contributed by atoms with Crippen LogP contribution in [0.5, 0.6) is 11.5 Å². The first-order chi connectivity index (χ1) is 14.1. The summed E-state index contributed by atoms with van der Waals surface area (Å²) in [5.74, 6) is 0.427. The molecule has 4 aromatic rings. The first kappa shape index (κ1) is 17.1.